The van der Waals surface area contributed by atoms with Gasteiger partial charge in [-0.2, -0.15) is 0 Å². The minimum Gasteiger partial charge on any atom is -0.330 e. The molecule has 0 radical (unpaired) electrons. The molecule has 0 amide bonds. The number of hydrogen-bond donors (Lipinski definition) is 2. The molecule has 0 saturated heterocycles. The van der Waals surface area contributed by atoms with Crippen molar-refractivity contribution in [3.63, 3.8) is 0 Å². The van der Waals surface area contributed by atoms with Gasteiger partial charge in [-0.15, -0.1) is 11.8 Å². The Balaban J connectivity index is 3.24. The molecule has 64 valence electrons. The molecule has 2 heteroatoms. The van der Waals surface area contributed by atoms with Crippen LogP contribution in [0.4, 0.5) is 0 Å². The van der Waals surface area contributed by atoms with E-state index in [1.165, 1.54) is 0 Å². The summed E-state index contributed by atoms with van der Waals surface area (Å²) in [6, 6.07) is 0.250. The molecule has 0 bridgehead atoms. The van der Waals surface area contributed by atoms with E-state index < -0.39 is 0 Å². The van der Waals surface area contributed by atoms with Gasteiger partial charge in [0.2, 0.25) is 0 Å². The van der Waals surface area contributed by atoms with Gasteiger partial charge in [-0.05, 0) is 19.4 Å². The molecule has 0 heterocycles. The summed E-state index contributed by atoms with van der Waals surface area (Å²) in [6.07, 6.45) is 3.73. The Morgan fingerprint density at radius 1 is 1.36 bits per heavy atom. The summed E-state index contributed by atoms with van der Waals surface area (Å²) in [5.74, 6) is 6.08. The molecule has 1 atom stereocenters. The maximum atomic E-state index is 5.66. The molecule has 0 aliphatic heterocycles. The van der Waals surface area contributed by atoms with Crippen molar-refractivity contribution in [2.24, 2.45) is 11.5 Å². The van der Waals surface area contributed by atoms with Crippen LogP contribution in [0.3, 0.4) is 0 Å². The smallest absolute Gasteiger partial charge is 0.0241 e. The van der Waals surface area contributed by atoms with Crippen LogP contribution < -0.4 is 11.5 Å². The summed E-state index contributed by atoms with van der Waals surface area (Å²) >= 11 is 0. The Morgan fingerprint density at radius 2 is 2.09 bits per heavy atom. The predicted octanol–water partition coefficient (Wildman–Crippen LogP) is 0.856. The molecular weight excluding hydrogens is 136 g/mol. The van der Waals surface area contributed by atoms with E-state index in [1.54, 1.807) is 0 Å². The maximum absolute atomic E-state index is 5.66. The Labute approximate surface area is 69.3 Å². The molecule has 0 aliphatic carbocycles. The molecule has 0 saturated carbocycles. The van der Waals surface area contributed by atoms with Crippen LogP contribution >= 0.6 is 0 Å². The molecular formula is C9H18N2. The first-order valence-corrected chi connectivity index (χ1v) is 4.22. The first-order chi connectivity index (χ1) is 5.31. The highest BCUT2D eigenvalue weighted by Crippen LogP contribution is 1.91. The van der Waals surface area contributed by atoms with E-state index in [0.29, 0.717) is 0 Å². The van der Waals surface area contributed by atoms with Gasteiger partial charge in [-0.1, -0.05) is 6.92 Å². The monoisotopic (exact) mass is 154 g/mol. The summed E-state index contributed by atoms with van der Waals surface area (Å²) < 4.78 is 0. The van der Waals surface area contributed by atoms with Crippen LogP contribution in [0, 0.1) is 11.8 Å². The van der Waals surface area contributed by atoms with Crippen LogP contribution in [-0.2, 0) is 0 Å². The second kappa shape index (κ2) is 7.59. The molecule has 0 rings (SSSR count). The van der Waals surface area contributed by atoms with Gasteiger partial charge in [-0.3, -0.25) is 0 Å². The standard InChI is InChI=1S/C9H18N2/c1-2-9(11)7-5-3-4-6-8-10/h9H,2,4,6-8,10-11H2,1H3. The molecule has 0 aromatic rings. The van der Waals surface area contributed by atoms with Crippen molar-refractivity contribution in [1.82, 2.24) is 0 Å². The zero-order valence-corrected chi connectivity index (χ0v) is 7.27. The third-order valence-corrected chi connectivity index (χ3v) is 1.52. The summed E-state index contributed by atoms with van der Waals surface area (Å²) in [5.41, 5.74) is 11.0. The van der Waals surface area contributed by atoms with Gasteiger partial charge >= 0.3 is 0 Å². The average Bonchev–Trinajstić information content (AvgIpc) is 2.04. The van der Waals surface area contributed by atoms with E-state index in [4.69, 9.17) is 11.5 Å². The summed E-state index contributed by atoms with van der Waals surface area (Å²) in [5, 5.41) is 0. The Kier molecular flexibility index (Phi) is 7.23. The normalized spacial score (nSPS) is 11.9. The van der Waals surface area contributed by atoms with E-state index in [2.05, 4.69) is 18.8 Å². The van der Waals surface area contributed by atoms with Crippen molar-refractivity contribution in [3.05, 3.63) is 0 Å². The molecule has 1 unspecified atom stereocenters. The van der Waals surface area contributed by atoms with Crippen LogP contribution in [0.25, 0.3) is 0 Å². The lowest BCUT2D eigenvalue weighted by atomic mass is 10.2. The fourth-order valence-electron chi connectivity index (χ4n) is 0.626. The van der Waals surface area contributed by atoms with Crippen molar-refractivity contribution in [3.8, 4) is 11.8 Å². The number of rotatable bonds is 4. The minimum atomic E-state index is 0.250. The second-order valence-electron chi connectivity index (χ2n) is 2.62. The van der Waals surface area contributed by atoms with Crippen LogP contribution in [0.15, 0.2) is 0 Å². The van der Waals surface area contributed by atoms with Gasteiger partial charge in [0.05, 0.1) is 0 Å². The van der Waals surface area contributed by atoms with Crippen LogP contribution in [-0.4, -0.2) is 12.6 Å². The highest BCUT2D eigenvalue weighted by Gasteiger charge is 1.92. The largest absolute Gasteiger partial charge is 0.330 e. The minimum absolute atomic E-state index is 0.250. The lowest BCUT2D eigenvalue weighted by Crippen LogP contribution is -2.17. The zero-order chi connectivity index (χ0) is 8.53. The highest BCUT2D eigenvalue weighted by atomic mass is 14.6. The molecule has 0 fully saturated rings. The zero-order valence-electron chi connectivity index (χ0n) is 7.27. The van der Waals surface area contributed by atoms with Crippen LogP contribution in [0.5, 0.6) is 0 Å². The van der Waals surface area contributed by atoms with Crippen LogP contribution in [0.1, 0.15) is 32.6 Å². The first kappa shape index (κ1) is 10.5. The van der Waals surface area contributed by atoms with Gasteiger partial charge in [0.15, 0.2) is 0 Å². The fourth-order valence-corrected chi connectivity index (χ4v) is 0.626. The van der Waals surface area contributed by atoms with Gasteiger partial charge in [0.1, 0.15) is 0 Å². The SMILES string of the molecule is CCC(N)CC#CCCCN. The molecule has 4 N–H and O–H groups in total. The summed E-state index contributed by atoms with van der Waals surface area (Å²) in [6.45, 7) is 2.81. The van der Waals surface area contributed by atoms with Gasteiger partial charge < -0.3 is 11.5 Å². The Morgan fingerprint density at radius 3 is 2.64 bits per heavy atom. The van der Waals surface area contributed by atoms with Crippen LogP contribution in [0.2, 0.25) is 0 Å². The van der Waals surface area contributed by atoms with Crippen molar-refractivity contribution in [2.45, 2.75) is 38.6 Å². The second-order valence-corrected chi connectivity index (χ2v) is 2.62. The van der Waals surface area contributed by atoms with Crippen molar-refractivity contribution >= 4 is 0 Å². The summed E-state index contributed by atoms with van der Waals surface area (Å²) in [7, 11) is 0. The number of unbranched alkanes of at least 4 members (excludes halogenated alkanes) is 1. The Hall–Kier alpha value is -0.520. The van der Waals surface area contributed by atoms with Gasteiger partial charge in [-0.25, -0.2) is 0 Å². The van der Waals surface area contributed by atoms with Crippen molar-refractivity contribution in [2.75, 3.05) is 6.54 Å². The molecule has 2 nitrogen and oxygen atoms in total. The molecule has 11 heavy (non-hydrogen) atoms. The van der Waals surface area contributed by atoms with Crippen molar-refractivity contribution in [1.29, 1.82) is 0 Å². The Bertz CT molecular complexity index is 132. The topological polar surface area (TPSA) is 52.0 Å². The fraction of sp³-hybridized carbons (Fsp3) is 0.778. The summed E-state index contributed by atoms with van der Waals surface area (Å²) in [4.78, 5) is 0. The number of hydrogen-bond acceptors (Lipinski definition) is 2. The third-order valence-electron chi connectivity index (χ3n) is 1.52. The van der Waals surface area contributed by atoms with E-state index in [1.807, 2.05) is 0 Å². The predicted molar refractivity (Wildman–Crippen MR) is 48.9 cm³/mol. The first-order valence-electron chi connectivity index (χ1n) is 4.22. The molecule has 0 spiro atoms. The van der Waals surface area contributed by atoms with E-state index in [9.17, 15) is 0 Å². The van der Waals surface area contributed by atoms with Crippen molar-refractivity contribution < 1.29 is 0 Å². The molecule has 0 aliphatic rings. The maximum Gasteiger partial charge on any atom is 0.0241 e. The third kappa shape index (κ3) is 7.38. The highest BCUT2D eigenvalue weighted by molar-refractivity contribution is 5.00. The molecule has 0 aromatic carbocycles. The average molecular weight is 154 g/mol. The van der Waals surface area contributed by atoms with E-state index >= 15 is 0 Å². The lowest BCUT2D eigenvalue weighted by Gasteiger charge is -2.00. The molecule has 0 aromatic heterocycles. The quantitative estimate of drug-likeness (QED) is 0.466. The lowest BCUT2D eigenvalue weighted by molar-refractivity contribution is 0.668. The van der Waals surface area contributed by atoms with E-state index in [0.717, 1.165) is 32.2 Å². The van der Waals surface area contributed by atoms with E-state index in [-0.39, 0.29) is 6.04 Å². The van der Waals surface area contributed by atoms with Gasteiger partial charge in [0.25, 0.3) is 0 Å². The number of nitrogens with two attached hydrogens (primary N) is 2. The van der Waals surface area contributed by atoms with Gasteiger partial charge in [0, 0.05) is 18.9 Å².